The van der Waals surface area contributed by atoms with Crippen molar-refractivity contribution in [1.29, 1.82) is 0 Å². The number of carbonyl (C=O) groups excluding carboxylic acids is 1. The number of ether oxygens (including phenoxy) is 1. The van der Waals surface area contributed by atoms with Gasteiger partial charge in [0.2, 0.25) is 0 Å². The molecule has 35 heavy (non-hydrogen) atoms. The zero-order chi connectivity index (χ0) is 24.6. The predicted molar refractivity (Wildman–Crippen MR) is 142 cm³/mol. The molecule has 7 nitrogen and oxygen atoms in total. The third-order valence-corrected chi connectivity index (χ3v) is 5.51. The molecule has 0 saturated heterocycles. The molecule has 1 atom stereocenters. The molecule has 176 valence electrons. The van der Waals surface area contributed by atoms with E-state index in [1.54, 1.807) is 24.3 Å². The van der Waals surface area contributed by atoms with Gasteiger partial charge in [0.25, 0.3) is 0 Å². The summed E-state index contributed by atoms with van der Waals surface area (Å²) < 4.78 is 5.60. The van der Waals surface area contributed by atoms with E-state index < -0.39 is 12.0 Å². The Morgan fingerprint density at radius 2 is 1.63 bits per heavy atom. The standard InChI is InChI=1S/C27H25N5O2S/c1-18-9-5-6-12-20(18)21(28)17-26(33)34-24-14-8-7-13-23(24)29-27(35)30-25-16-15-22(31-32-25)19-10-3-2-4-11-19/h2-16,21H,17,28H2,1H3,(H2,29,30,32,35). The van der Waals surface area contributed by atoms with E-state index in [2.05, 4.69) is 20.8 Å². The van der Waals surface area contributed by atoms with Crippen molar-refractivity contribution in [3.8, 4) is 17.0 Å². The summed E-state index contributed by atoms with van der Waals surface area (Å²) >= 11 is 5.42. The minimum absolute atomic E-state index is 0.0469. The minimum atomic E-state index is -0.455. The highest BCUT2D eigenvalue weighted by Crippen LogP contribution is 2.26. The first-order valence-corrected chi connectivity index (χ1v) is 11.5. The van der Waals surface area contributed by atoms with Gasteiger partial charge in [0.1, 0.15) is 0 Å². The average Bonchev–Trinajstić information content (AvgIpc) is 2.86. The number of carbonyl (C=O) groups is 1. The quantitative estimate of drug-likeness (QED) is 0.186. The molecule has 4 aromatic rings. The van der Waals surface area contributed by atoms with E-state index >= 15 is 0 Å². The molecule has 0 aliphatic rings. The smallest absolute Gasteiger partial charge is 0.313 e. The molecule has 0 spiro atoms. The number of aryl methyl sites for hydroxylation is 1. The van der Waals surface area contributed by atoms with Crippen molar-refractivity contribution in [2.24, 2.45) is 5.73 Å². The second-order valence-corrected chi connectivity index (χ2v) is 8.29. The van der Waals surface area contributed by atoms with Gasteiger partial charge in [0.05, 0.1) is 17.8 Å². The van der Waals surface area contributed by atoms with E-state index in [9.17, 15) is 4.79 Å². The molecule has 0 aliphatic carbocycles. The van der Waals surface area contributed by atoms with Crippen LogP contribution in [0, 0.1) is 6.92 Å². The second kappa shape index (κ2) is 11.3. The van der Waals surface area contributed by atoms with Crippen LogP contribution >= 0.6 is 12.2 Å². The summed E-state index contributed by atoms with van der Waals surface area (Å²) in [6, 6.07) is 27.8. The molecule has 0 saturated carbocycles. The molecule has 4 rings (SSSR count). The van der Waals surface area contributed by atoms with Gasteiger partial charge < -0.3 is 21.1 Å². The van der Waals surface area contributed by atoms with Gasteiger partial charge in [0, 0.05) is 11.6 Å². The Morgan fingerprint density at radius 1 is 0.914 bits per heavy atom. The van der Waals surface area contributed by atoms with Gasteiger partial charge in [-0.1, -0.05) is 66.7 Å². The van der Waals surface area contributed by atoms with Crippen LogP contribution < -0.4 is 21.1 Å². The number of nitrogens with zero attached hydrogens (tertiary/aromatic N) is 2. The number of esters is 1. The fraction of sp³-hybridized carbons (Fsp3) is 0.111. The number of anilines is 2. The fourth-order valence-electron chi connectivity index (χ4n) is 3.55. The maximum Gasteiger partial charge on any atom is 0.313 e. The first kappa shape index (κ1) is 24.0. The van der Waals surface area contributed by atoms with Crippen LogP contribution in [0.4, 0.5) is 11.5 Å². The van der Waals surface area contributed by atoms with Gasteiger partial charge in [-0.2, -0.15) is 0 Å². The van der Waals surface area contributed by atoms with Crippen LogP contribution in [0.5, 0.6) is 5.75 Å². The Kier molecular flexibility index (Phi) is 7.77. The van der Waals surface area contributed by atoms with E-state index in [1.165, 1.54) is 0 Å². The van der Waals surface area contributed by atoms with Crippen LogP contribution in [0.1, 0.15) is 23.6 Å². The van der Waals surface area contributed by atoms with Gasteiger partial charge in [-0.15, -0.1) is 10.2 Å². The summed E-state index contributed by atoms with van der Waals surface area (Å²) in [6.07, 6.45) is 0.0469. The molecule has 4 N–H and O–H groups in total. The van der Waals surface area contributed by atoms with Crippen molar-refractivity contribution in [2.45, 2.75) is 19.4 Å². The first-order valence-electron chi connectivity index (χ1n) is 11.1. The van der Waals surface area contributed by atoms with Crippen LogP contribution in [-0.2, 0) is 4.79 Å². The van der Waals surface area contributed by atoms with Gasteiger partial charge >= 0.3 is 5.97 Å². The SMILES string of the molecule is Cc1ccccc1C(N)CC(=O)Oc1ccccc1NC(=S)Nc1ccc(-c2ccccc2)nn1. The van der Waals surface area contributed by atoms with Gasteiger partial charge in [-0.05, 0) is 54.5 Å². The molecule has 1 heterocycles. The fourth-order valence-corrected chi connectivity index (χ4v) is 3.76. The highest BCUT2D eigenvalue weighted by molar-refractivity contribution is 7.80. The van der Waals surface area contributed by atoms with Crippen LogP contribution in [0.2, 0.25) is 0 Å². The zero-order valence-electron chi connectivity index (χ0n) is 19.1. The van der Waals surface area contributed by atoms with Crippen LogP contribution in [-0.4, -0.2) is 21.3 Å². The van der Waals surface area contributed by atoms with E-state index in [1.807, 2.05) is 73.7 Å². The number of hydrogen-bond donors (Lipinski definition) is 3. The monoisotopic (exact) mass is 483 g/mol. The number of para-hydroxylation sites is 2. The first-order chi connectivity index (χ1) is 17.0. The highest BCUT2D eigenvalue weighted by Gasteiger charge is 2.17. The predicted octanol–water partition coefficient (Wildman–Crippen LogP) is 5.26. The summed E-state index contributed by atoms with van der Waals surface area (Å²) in [6.45, 7) is 1.97. The van der Waals surface area contributed by atoms with Crippen molar-refractivity contribution in [3.63, 3.8) is 0 Å². The molecular weight excluding hydrogens is 458 g/mol. The molecule has 0 aliphatic heterocycles. The van der Waals surface area contributed by atoms with Gasteiger partial charge in [-0.25, -0.2) is 0 Å². The van der Waals surface area contributed by atoms with Crippen molar-refractivity contribution in [1.82, 2.24) is 10.2 Å². The molecule has 8 heteroatoms. The second-order valence-electron chi connectivity index (χ2n) is 7.89. The zero-order valence-corrected chi connectivity index (χ0v) is 20.0. The summed E-state index contributed by atoms with van der Waals surface area (Å²) in [5.41, 5.74) is 10.5. The average molecular weight is 484 g/mol. The van der Waals surface area contributed by atoms with Crippen LogP contribution in [0.15, 0.2) is 91.0 Å². The lowest BCUT2D eigenvalue weighted by Gasteiger charge is -2.16. The maximum atomic E-state index is 12.6. The molecule has 3 aromatic carbocycles. The Bertz CT molecular complexity index is 1310. The van der Waals surface area contributed by atoms with Crippen LogP contribution in [0.25, 0.3) is 11.3 Å². The van der Waals surface area contributed by atoms with Crippen molar-refractivity contribution < 1.29 is 9.53 Å². The van der Waals surface area contributed by atoms with Crippen molar-refractivity contribution in [2.75, 3.05) is 10.6 Å². The Labute approximate surface area is 209 Å². The summed E-state index contributed by atoms with van der Waals surface area (Å²) in [4.78, 5) is 12.6. The van der Waals surface area contributed by atoms with E-state index in [0.717, 1.165) is 22.4 Å². The largest absolute Gasteiger partial charge is 0.424 e. The normalized spacial score (nSPS) is 11.4. The third kappa shape index (κ3) is 6.47. The minimum Gasteiger partial charge on any atom is -0.424 e. The number of thiocarbonyl (C=S) groups is 1. The van der Waals surface area contributed by atoms with E-state index in [4.69, 9.17) is 22.7 Å². The molecule has 0 radical (unpaired) electrons. The van der Waals surface area contributed by atoms with E-state index in [-0.39, 0.29) is 11.5 Å². The maximum absolute atomic E-state index is 12.6. The number of rotatable bonds is 7. The number of hydrogen-bond acceptors (Lipinski definition) is 6. The third-order valence-electron chi connectivity index (χ3n) is 5.31. The van der Waals surface area contributed by atoms with Gasteiger partial charge in [0.15, 0.2) is 16.7 Å². The van der Waals surface area contributed by atoms with Crippen molar-refractivity contribution in [3.05, 3.63) is 102 Å². The number of benzene rings is 3. The molecule has 0 bridgehead atoms. The number of nitrogens with two attached hydrogens (primary N) is 1. The summed E-state index contributed by atoms with van der Waals surface area (Å²) in [5, 5.41) is 14.8. The Balaban J connectivity index is 1.37. The van der Waals surface area contributed by atoms with Crippen LogP contribution in [0.3, 0.4) is 0 Å². The Hall–Kier alpha value is -4.14. The molecular formula is C27H25N5O2S. The Morgan fingerprint density at radius 3 is 2.37 bits per heavy atom. The topological polar surface area (TPSA) is 102 Å². The molecule has 0 fully saturated rings. The molecule has 1 unspecified atom stereocenters. The lowest BCUT2D eigenvalue weighted by atomic mass is 10.00. The number of aromatic nitrogens is 2. The number of nitrogens with one attached hydrogen (secondary N) is 2. The lowest BCUT2D eigenvalue weighted by Crippen LogP contribution is -2.22. The summed E-state index contributed by atoms with van der Waals surface area (Å²) in [5.74, 6) is 0.404. The molecule has 0 amide bonds. The lowest BCUT2D eigenvalue weighted by molar-refractivity contribution is -0.134. The molecule has 1 aromatic heterocycles. The summed E-state index contributed by atoms with van der Waals surface area (Å²) in [7, 11) is 0. The van der Waals surface area contributed by atoms with Crippen molar-refractivity contribution >= 4 is 34.8 Å². The highest BCUT2D eigenvalue weighted by atomic mass is 32.1. The van der Waals surface area contributed by atoms with Gasteiger partial charge in [-0.3, -0.25) is 4.79 Å². The van der Waals surface area contributed by atoms with E-state index in [0.29, 0.717) is 17.3 Å².